The van der Waals surface area contributed by atoms with Crippen LogP contribution in [0.15, 0.2) is 23.6 Å². The topological polar surface area (TPSA) is 58.6 Å². The Morgan fingerprint density at radius 2 is 2.20 bits per heavy atom. The number of anilines is 1. The summed E-state index contributed by atoms with van der Waals surface area (Å²) in [7, 11) is 0. The molecule has 0 saturated carbocycles. The van der Waals surface area contributed by atoms with Gasteiger partial charge in [0.1, 0.15) is 5.00 Å². The molecular weight excluding hydrogens is 356 g/mol. The molecule has 0 radical (unpaired) electrons. The third kappa shape index (κ3) is 4.29. The lowest BCUT2D eigenvalue weighted by atomic mass is 10.2. The minimum Gasteiger partial charge on any atom is -0.462 e. The Labute approximate surface area is 155 Å². The van der Waals surface area contributed by atoms with Gasteiger partial charge in [0, 0.05) is 15.8 Å². The van der Waals surface area contributed by atoms with Gasteiger partial charge < -0.3 is 10.1 Å². The highest BCUT2D eigenvalue weighted by atomic mass is 32.1. The number of rotatable bonds is 6. The van der Waals surface area contributed by atoms with Crippen LogP contribution in [0.4, 0.5) is 5.00 Å². The fourth-order valence-corrected chi connectivity index (χ4v) is 4.93. The lowest BCUT2D eigenvalue weighted by molar-refractivity contribution is -0.117. The second-order valence-corrected chi connectivity index (χ2v) is 8.24. The van der Waals surface area contributed by atoms with Gasteiger partial charge >= 0.3 is 5.97 Å². The van der Waals surface area contributed by atoms with Gasteiger partial charge in [-0.1, -0.05) is 0 Å². The van der Waals surface area contributed by atoms with E-state index in [1.165, 1.54) is 21.1 Å². The highest BCUT2D eigenvalue weighted by Gasteiger charge is 2.29. The summed E-state index contributed by atoms with van der Waals surface area (Å²) in [5, 5.41) is 5.22. The maximum absolute atomic E-state index is 12.5. The second-order valence-electron chi connectivity index (χ2n) is 6.01. The van der Waals surface area contributed by atoms with Gasteiger partial charge in [0.15, 0.2) is 0 Å². The van der Waals surface area contributed by atoms with Crippen LogP contribution in [0.2, 0.25) is 0 Å². The van der Waals surface area contributed by atoms with E-state index < -0.39 is 5.97 Å². The molecule has 3 rings (SSSR count). The molecule has 1 saturated heterocycles. The van der Waals surface area contributed by atoms with Crippen LogP contribution < -0.4 is 5.32 Å². The van der Waals surface area contributed by atoms with Crippen LogP contribution in [0.3, 0.4) is 0 Å². The Bertz CT molecular complexity index is 753. The summed E-state index contributed by atoms with van der Waals surface area (Å²) < 4.78 is 5.03. The molecule has 1 atom stereocenters. The summed E-state index contributed by atoms with van der Waals surface area (Å²) in [6.07, 6.45) is 2.18. The first-order valence-corrected chi connectivity index (χ1v) is 10.1. The van der Waals surface area contributed by atoms with Gasteiger partial charge in [0.2, 0.25) is 5.91 Å². The Balaban J connectivity index is 1.63. The van der Waals surface area contributed by atoms with Crippen molar-refractivity contribution in [2.24, 2.45) is 0 Å². The SMILES string of the molecule is CCOC(=O)c1ccsc1NC(=O)CN1CCCC1c1ccc(C)s1. The van der Waals surface area contributed by atoms with Crippen LogP contribution in [0.5, 0.6) is 0 Å². The molecule has 1 N–H and O–H groups in total. The van der Waals surface area contributed by atoms with Crippen LogP contribution >= 0.6 is 22.7 Å². The predicted octanol–water partition coefficient (Wildman–Crippen LogP) is 4.07. The number of nitrogens with one attached hydrogen (secondary N) is 1. The number of esters is 1. The molecule has 134 valence electrons. The van der Waals surface area contributed by atoms with Gasteiger partial charge in [0.05, 0.1) is 18.7 Å². The minimum atomic E-state index is -0.396. The highest BCUT2D eigenvalue weighted by molar-refractivity contribution is 7.14. The summed E-state index contributed by atoms with van der Waals surface area (Å²) in [6.45, 7) is 5.44. The molecule has 3 heterocycles. The zero-order valence-corrected chi connectivity index (χ0v) is 16.0. The summed E-state index contributed by atoms with van der Waals surface area (Å²) >= 11 is 3.14. The lowest BCUT2D eigenvalue weighted by Gasteiger charge is -2.22. The molecule has 7 heteroatoms. The largest absolute Gasteiger partial charge is 0.462 e. The van der Waals surface area contributed by atoms with Crippen LogP contribution in [0.1, 0.15) is 45.9 Å². The molecule has 2 aromatic heterocycles. The van der Waals surface area contributed by atoms with Gasteiger partial charge in [0.25, 0.3) is 0 Å². The smallest absolute Gasteiger partial charge is 0.341 e. The van der Waals surface area contributed by atoms with Crippen LogP contribution in [-0.4, -0.2) is 36.5 Å². The third-order valence-electron chi connectivity index (χ3n) is 4.21. The van der Waals surface area contributed by atoms with Gasteiger partial charge in [-0.15, -0.1) is 22.7 Å². The number of nitrogens with zero attached hydrogens (tertiary/aromatic N) is 1. The first-order chi connectivity index (χ1) is 12.1. The Hall–Kier alpha value is -1.70. The van der Waals surface area contributed by atoms with E-state index in [4.69, 9.17) is 4.74 Å². The molecule has 1 fully saturated rings. The van der Waals surface area contributed by atoms with E-state index in [0.717, 1.165) is 19.4 Å². The van der Waals surface area contributed by atoms with Gasteiger partial charge in [-0.05, 0) is 56.8 Å². The van der Waals surface area contributed by atoms with Gasteiger partial charge in [-0.3, -0.25) is 9.69 Å². The lowest BCUT2D eigenvalue weighted by Crippen LogP contribution is -2.32. The molecular formula is C18H22N2O3S2. The number of amides is 1. The number of carbonyl (C=O) groups excluding carboxylic acids is 2. The molecule has 25 heavy (non-hydrogen) atoms. The van der Waals surface area contributed by atoms with Crippen molar-refractivity contribution in [3.8, 4) is 0 Å². The molecule has 0 bridgehead atoms. The first kappa shape index (κ1) is 18.1. The minimum absolute atomic E-state index is 0.0897. The van der Waals surface area contributed by atoms with Crippen LogP contribution in [-0.2, 0) is 9.53 Å². The van der Waals surface area contributed by atoms with Gasteiger partial charge in [-0.25, -0.2) is 4.79 Å². The standard InChI is InChI=1S/C18H22N2O3S2/c1-3-23-18(22)13-8-10-24-17(13)19-16(21)11-20-9-4-5-14(20)15-7-6-12(2)25-15/h6-8,10,14H,3-5,9,11H2,1-2H3,(H,19,21). The summed E-state index contributed by atoms with van der Waals surface area (Å²) in [5.41, 5.74) is 0.423. The maximum Gasteiger partial charge on any atom is 0.341 e. The van der Waals surface area contributed by atoms with E-state index in [9.17, 15) is 9.59 Å². The highest BCUT2D eigenvalue weighted by Crippen LogP contribution is 2.35. The molecule has 0 aromatic carbocycles. The fraction of sp³-hybridized carbons (Fsp3) is 0.444. The van der Waals surface area contributed by atoms with Crippen molar-refractivity contribution in [3.05, 3.63) is 38.9 Å². The van der Waals surface area contributed by atoms with E-state index in [-0.39, 0.29) is 5.91 Å². The van der Waals surface area contributed by atoms with E-state index in [1.807, 2.05) is 0 Å². The van der Waals surface area contributed by atoms with Crippen molar-refractivity contribution < 1.29 is 14.3 Å². The summed E-state index contributed by atoms with van der Waals surface area (Å²) in [6, 6.07) is 6.30. The van der Waals surface area contributed by atoms with E-state index in [0.29, 0.717) is 29.8 Å². The van der Waals surface area contributed by atoms with Crippen molar-refractivity contribution in [2.45, 2.75) is 32.7 Å². The number of likely N-dealkylation sites (tertiary alicyclic amines) is 1. The monoisotopic (exact) mass is 378 g/mol. The molecule has 0 aliphatic carbocycles. The van der Waals surface area contributed by atoms with Crippen LogP contribution in [0, 0.1) is 6.92 Å². The molecule has 2 aromatic rings. The number of ether oxygens (including phenoxy) is 1. The maximum atomic E-state index is 12.5. The Kier molecular flexibility index (Phi) is 5.88. The normalized spacial score (nSPS) is 17.6. The summed E-state index contributed by atoms with van der Waals surface area (Å²) in [5.74, 6) is -0.486. The number of hydrogen-bond donors (Lipinski definition) is 1. The zero-order chi connectivity index (χ0) is 17.8. The first-order valence-electron chi connectivity index (χ1n) is 8.43. The van der Waals surface area contributed by atoms with E-state index >= 15 is 0 Å². The molecule has 5 nitrogen and oxygen atoms in total. The number of thiophene rings is 2. The van der Waals surface area contributed by atoms with Crippen molar-refractivity contribution in [1.29, 1.82) is 0 Å². The van der Waals surface area contributed by atoms with Gasteiger partial charge in [-0.2, -0.15) is 0 Å². The fourth-order valence-electron chi connectivity index (χ4n) is 3.10. The predicted molar refractivity (Wildman–Crippen MR) is 102 cm³/mol. The van der Waals surface area contributed by atoms with Crippen molar-refractivity contribution in [1.82, 2.24) is 4.90 Å². The van der Waals surface area contributed by atoms with Crippen LogP contribution in [0.25, 0.3) is 0 Å². The Morgan fingerprint density at radius 3 is 2.92 bits per heavy atom. The molecule has 1 aliphatic heterocycles. The van der Waals surface area contributed by atoms with E-state index in [2.05, 4.69) is 29.3 Å². The van der Waals surface area contributed by atoms with Crippen molar-refractivity contribution in [3.63, 3.8) is 0 Å². The molecule has 1 amide bonds. The third-order valence-corrected chi connectivity index (χ3v) is 6.15. The van der Waals surface area contributed by atoms with Crippen molar-refractivity contribution >= 4 is 39.6 Å². The Morgan fingerprint density at radius 1 is 1.36 bits per heavy atom. The van der Waals surface area contributed by atoms with Crippen molar-refractivity contribution in [2.75, 3.05) is 25.0 Å². The number of aryl methyl sites for hydroxylation is 1. The summed E-state index contributed by atoms with van der Waals surface area (Å²) in [4.78, 5) is 29.2. The molecule has 0 spiro atoms. The average molecular weight is 379 g/mol. The average Bonchev–Trinajstić information content (AvgIpc) is 3.28. The molecule has 1 unspecified atom stereocenters. The number of hydrogen-bond acceptors (Lipinski definition) is 6. The molecule has 1 aliphatic rings. The second kappa shape index (κ2) is 8.12. The quantitative estimate of drug-likeness (QED) is 0.770. The van der Waals surface area contributed by atoms with E-state index in [1.54, 1.807) is 29.7 Å². The zero-order valence-electron chi connectivity index (χ0n) is 14.4. The number of carbonyl (C=O) groups is 2.